The van der Waals surface area contributed by atoms with Crippen LogP contribution in [0.1, 0.15) is 10.4 Å². The van der Waals surface area contributed by atoms with Crippen molar-refractivity contribution in [2.75, 3.05) is 0 Å². The van der Waals surface area contributed by atoms with E-state index in [0.717, 1.165) is 12.1 Å². The van der Waals surface area contributed by atoms with E-state index in [1.165, 1.54) is 0 Å². The average Bonchev–Trinajstić information content (AvgIpc) is 1.99. The summed E-state index contributed by atoms with van der Waals surface area (Å²) in [6.07, 6.45) is 0. The largest absolute Gasteiger partial charge is 0.504 e. The fourth-order valence-electron chi connectivity index (χ4n) is 0.728. The molecule has 0 saturated heterocycles. The van der Waals surface area contributed by atoms with E-state index in [4.69, 9.17) is 20.4 Å². The molecule has 0 heterocycles. The van der Waals surface area contributed by atoms with E-state index in [2.05, 4.69) is 0 Å². The molecule has 0 spiro atoms. The Morgan fingerprint density at radius 1 is 1.07 bits per heavy atom. The van der Waals surface area contributed by atoms with E-state index in [-0.39, 0.29) is 81.6 Å². The summed E-state index contributed by atoms with van der Waals surface area (Å²) in [5.74, 6) is -3.33. The summed E-state index contributed by atoms with van der Waals surface area (Å²) in [5, 5.41) is 35.0. The monoisotopic (exact) mass is 365 g/mol. The Morgan fingerprint density at radius 2 is 1.40 bits per heavy atom. The van der Waals surface area contributed by atoms with Crippen LogP contribution in [0.5, 0.6) is 17.2 Å². The first-order valence-corrected chi connectivity index (χ1v) is 3.00. The smallest absolute Gasteiger partial charge is 0.335 e. The Morgan fingerprint density at radius 3 is 1.67 bits per heavy atom. The molecule has 8 heteroatoms. The van der Waals surface area contributed by atoms with Crippen LogP contribution in [0.4, 0.5) is 0 Å². The van der Waals surface area contributed by atoms with Crippen molar-refractivity contribution in [3.63, 3.8) is 0 Å². The number of carboxylic acids is 1. The van der Waals surface area contributed by atoms with Crippen LogP contribution in [0.2, 0.25) is 0 Å². The van der Waals surface area contributed by atoms with E-state index in [1.807, 2.05) is 0 Å². The number of phenols is 3. The quantitative estimate of drug-likeness (QED) is 0.355. The van der Waals surface area contributed by atoms with Gasteiger partial charge in [0.1, 0.15) is 0 Å². The summed E-state index contributed by atoms with van der Waals surface area (Å²) in [6.45, 7) is 0. The molecule has 0 unspecified atom stereocenters. The second-order valence-corrected chi connectivity index (χ2v) is 2.17. The van der Waals surface area contributed by atoms with Gasteiger partial charge >= 0.3 is 29.0 Å². The molecule has 0 aliphatic rings. The molecule has 77 valence electrons. The van der Waals surface area contributed by atoms with Crippen molar-refractivity contribution in [3.8, 4) is 17.2 Å². The normalized spacial score (nSPS) is 7.73. The first-order chi connectivity index (χ1) is 5.52. The summed E-state index contributed by atoms with van der Waals surface area (Å²) in [7, 11) is 0. The van der Waals surface area contributed by atoms with Gasteiger partial charge in [0, 0.05) is 35.6 Å². The van der Waals surface area contributed by atoms with Gasteiger partial charge in [-0.2, -0.15) is 0 Å². The summed E-state index contributed by atoms with van der Waals surface area (Å²) in [6, 6.07) is 1.69. The number of hydrogen-bond acceptors (Lipinski definition) is 4. The molecular formula is C7H11AlLaMgO5. The van der Waals surface area contributed by atoms with Crippen LogP contribution >= 0.6 is 0 Å². The second-order valence-electron chi connectivity index (χ2n) is 2.17. The molecule has 0 bridgehead atoms. The minimum atomic E-state index is -1.29. The van der Waals surface area contributed by atoms with Gasteiger partial charge in [0.25, 0.3) is 0 Å². The van der Waals surface area contributed by atoms with Gasteiger partial charge in [0.2, 0.25) is 0 Å². The van der Waals surface area contributed by atoms with Gasteiger partial charge in [-0.25, -0.2) is 4.79 Å². The Labute approximate surface area is 140 Å². The van der Waals surface area contributed by atoms with E-state index in [9.17, 15) is 4.79 Å². The summed E-state index contributed by atoms with van der Waals surface area (Å²) in [5.41, 5.74) is -0.289. The Hall–Kier alpha value is 0.584. The maximum Gasteiger partial charge on any atom is 0.335 e. The zero-order chi connectivity index (χ0) is 9.30. The molecule has 5 nitrogen and oxygen atoms in total. The molecule has 1 aromatic rings. The number of aromatic hydroxyl groups is 3. The third-order valence-electron chi connectivity index (χ3n) is 1.32. The molecule has 0 aliphatic carbocycles. The molecular weight excluding hydrogens is 354 g/mol. The van der Waals surface area contributed by atoms with Gasteiger partial charge in [-0.05, 0) is 12.1 Å². The van der Waals surface area contributed by atoms with Crippen LogP contribution in [0.25, 0.3) is 0 Å². The SMILES string of the molecule is O=C(O)c1cc(O)c(O)c(O)c1.[AlH3].[La].[MgH2]. The first kappa shape index (κ1) is 20.9. The number of benzene rings is 1. The number of carboxylic acid groups (broad SMARTS) is 1. The number of aromatic carboxylic acids is 1. The predicted octanol–water partition coefficient (Wildman–Crippen LogP) is -1.60. The van der Waals surface area contributed by atoms with E-state index in [1.54, 1.807) is 0 Å². The molecule has 0 aliphatic heterocycles. The summed E-state index contributed by atoms with van der Waals surface area (Å²) in [4.78, 5) is 10.3. The van der Waals surface area contributed by atoms with Crippen molar-refractivity contribution >= 4 is 46.4 Å². The Bertz CT molecular complexity index is 323. The van der Waals surface area contributed by atoms with Crippen LogP contribution in [-0.4, -0.2) is 66.8 Å². The van der Waals surface area contributed by atoms with E-state index >= 15 is 0 Å². The third-order valence-corrected chi connectivity index (χ3v) is 1.32. The predicted molar refractivity (Wildman–Crippen MR) is 56.9 cm³/mol. The van der Waals surface area contributed by atoms with Crippen molar-refractivity contribution in [1.29, 1.82) is 0 Å². The fourth-order valence-corrected chi connectivity index (χ4v) is 0.728. The fraction of sp³-hybridized carbons (Fsp3) is 0. The molecule has 4 N–H and O–H groups in total. The minimum Gasteiger partial charge on any atom is -0.504 e. The zero-order valence-electron chi connectivity index (χ0n) is 6.43. The van der Waals surface area contributed by atoms with Crippen molar-refractivity contribution in [3.05, 3.63) is 17.7 Å². The molecule has 1 rings (SSSR count). The molecule has 15 heavy (non-hydrogen) atoms. The third kappa shape index (κ3) is 5.45. The molecule has 0 fully saturated rings. The topological polar surface area (TPSA) is 98.0 Å². The first-order valence-electron chi connectivity index (χ1n) is 3.00. The van der Waals surface area contributed by atoms with Gasteiger partial charge in [0.05, 0.1) is 5.56 Å². The van der Waals surface area contributed by atoms with Crippen LogP contribution in [0, 0.1) is 35.6 Å². The number of rotatable bonds is 1. The minimum absolute atomic E-state index is 0. The zero-order valence-corrected chi connectivity index (χ0v) is 10.1. The van der Waals surface area contributed by atoms with Crippen molar-refractivity contribution in [2.45, 2.75) is 0 Å². The molecule has 0 atom stereocenters. The van der Waals surface area contributed by atoms with E-state index < -0.39 is 23.2 Å². The number of hydrogen-bond donors (Lipinski definition) is 4. The van der Waals surface area contributed by atoms with Crippen molar-refractivity contribution in [2.24, 2.45) is 0 Å². The molecule has 0 saturated carbocycles. The number of carbonyl (C=O) groups is 1. The van der Waals surface area contributed by atoms with Gasteiger partial charge in [-0.15, -0.1) is 0 Å². The van der Waals surface area contributed by atoms with Crippen LogP contribution < -0.4 is 0 Å². The van der Waals surface area contributed by atoms with E-state index in [0.29, 0.717) is 0 Å². The van der Waals surface area contributed by atoms with Gasteiger partial charge in [-0.1, -0.05) is 0 Å². The Balaban J connectivity index is -0.000000480. The van der Waals surface area contributed by atoms with Gasteiger partial charge in [0.15, 0.2) is 34.6 Å². The molecule has 1 radical (unpaired) electrons. The average molecular weight is 365 g/mol. The standard InChI is InChI=1S/C7H6O5.Al.La.Mg.5H/c8-4-1-3(7(11)12)2-5(9)6(4)10;;;;;;;;/h1-2,8-10H,(H,11,12);;;;;;;;. The summed E-state index contributed by atoms with van der Waals surface area (Å²) < 4.78 is 0. The Kier molecular flexibility index (Phi) is 12.1. The summed E-state index contributed by atoms with van der Waals surface area (Å²) >= 11 is 0. The molecule has 1 aromatic carbocycles. The van der Waals surface area contributed by atoms with Crippen LogP contribution in [0.3, 0.4) is 0 Å². The van der Waals surface area contributed by atoms with Crippen LogP contribution in [0.15, 0.2) is 12.1 Å². The van der Waals surface area contributed by atoms with Gasteiger partial charge < -0.3 is 20.4 Å². The van der Waals surface area contributed by atoms with Gasteiger partial charge in [-0.3, -0.25) is 0 Å². The molecule has 0 amide bonds. The molecule has 0 aromatic heterocycles. The van der Waals surface area contributed by atoms with Crippen molar-refractivity contribution in [1.82, 2.24) is 0 Å². The maximum atomic E-state index is 10.3. The van der Waals surface area contributed by atoms with Crippen molar-refractivity contribution < 1.29 is 60.8 Å². The maximum absolute atomic E-state index is 10.3. The number of phenolic OH excluding ortho intramolecular Hbond substituents is 3. The van der Waals surface area contributed by atoms with Crippen LogP contribution in [-0.2, 0) is 0 Å². The second kappa shape index (κ2) is 8.70.